The van der Waals surface area contributed by atoms with Gasteiger partial charge in [-0.25, -0.2) is 4.98 Å². The standard InChI is InChI=1S/C23H27N3O2S/c1-3-19-15-29-23(25-19)21(14-17-4-9-18(24)10-5-17)26-22(27)13-8-16-6-11-20(28-2)12-7-16/h4-7,9-12,15,21H,3,8,13-14,24H2,1-2H3,(H,26,27). The zero-order chi connectivity index (χ0) is 20.6. The number of hydrogen-bond acceptors (Lipinski definition) is 5. The first-order valence-corrected chi connectivity index (χ1v) is 10.7. The van der Waals surface area contributed by atoms with E-state index in [-0.39, 0.29) is 11.9 Å². The van der Waals surface area contributed by atoms with E-state index in [1.54, 1.807) is 18.4 Å². The molecule has 0 bridgehead atoms. The number of amides is 1. The fourth-order valence-electron chi connectivity index (χ4n) is 3.05. The van der Waals surface area contributed by atoms with Crippen molar-refractivity contribution >= 4 is 22.9 Å². The van der Waals surface area contributed by atoms with Gasteiger partial charge in [-0.15, -0.1) is 11.3 Å². The second kappa shape index (κ2) is 10.1. The number of nitrogens with one attached hydrogen (secondary N) is 1. The lowest BCUT2D eigenvalue weighted by Crippen LogP contribution is -2.30. The second-order valence-corrected chi connectivity index (χ2v) is 7.83. The Morgan fingerprint density at radius 1 is 1.14 bits per heavy atom. The van der Waals surface area contributed by atoms with Gasteiger partial charge in [0.1, 0.15) is 10.8 Å². The monoisotopic (exact) mass is 409 g/mol. The van der Waals surface area contributed by atoms with Crippen LogP contribution in [0.25, 0.3) is 0 Å². The number of aryl methyl sites for hydroxylation is 2. The Morgan fingerprint density at radius 3 is 2.45 bits per heavy atom. The number of anilines is 1. The van der Waals surface area contributed by atoms with E-state index < -0.39 is 0 Å². The highest BCUT2D eigenvalue weighted by molar-refractivity contribution is 7.09. The molecule has 0 aliphatic carbocycles. The first-order valence-electron chi connectivity index (χ1n) is 9.78. The molecule has 0 saturated heterocycles. The molecule has 29 heavy (non-hydrogen) atoms. The molecule has 0 aliphatic rings. The van der Waals surface area contributed by atoms with Crippen LogP contribution in [-0.4, -0.2) is 18.0 Å². The van der Waals surface area contributed by atoms with Gasteiger partial charge in [0.2, 0.25) is 5.91 Å². The topological polar surface area (TPSA) is 77.2 Å². The zero-order valence-electron chi connectivity index (χ0n) is 16.9. The van der Waals surface area contributed by atoms with Crippen molar-refractivity contribution in [3.8, 4) is 5.75 Å². The molecule has 1 atom stereocenters. The summed E-state index contributed by atoms with van der Waals surface area (Å²) in [4.78, 5) is 17.4. The molecule has 3 N–H and O–H groups in total. The molecule has 152 valence electrons. The SMILES string of the molecule is CCc1csc(C(Cc2ccc(N)cc2)NC(=O)CCc2ccc(OC)cc2)n1. The second-order valence-electron chi connectivity index (χ2n) is 6.94. The lowest BCUT2D eigenvalue weighted by molar-refractivity contribution is -0.121. The predicted molar refractivity (Wildman–Crippen MR) is 118 cm³/mol. The molecule has 0 saturated carbocycles. The number of ether oxygens (including phenoxy) is 1. The number of carbonyl (C=O) groups excluding carboxylic acids is 1. The summed E-state index contributed by atoms with van der Waals surface area (Å²) in [6.45, 7) is 2.08. The highest BCUT2D eigenvalue weighted by Gasteiger charge is 2.19. The van der Waals surface area contributed by atoms with Gasteiger partial charge in [-0.2, -0.15) is 0 Å². The van der Waals surface area contributed by atoms with E-state index in [2.05, 4.69) is 17.6 Å². The number of benzene rings is 2. The molecule has 2 aromatic carbocycles. The number of aromatic nitrogens is 1. The molecule has 5 nitrogen and oxygen atoms in total. The van der Waals surface area contributed by atoms with E-state index in [0.29, 0.717) is 19.3 Å². The summed E-state index contributed by atoms with van der Waals surface area (Å²) in [6, 6.07) is 15.4. The summed E-state index contributed by atoms with van der Waals surface area (Å²) in [5.41, 5.74) is 9.81. The van der Waals surface area contributed by atoms with Crippen LogP contribution in [0.5, 0.6) is 5.75 Å². The molecule has 3 rings (SSSR count). The maximum Gasteiger partial charge on any atom is 0.220 e. The van der Waals surface area contributed by atoms with Crippen LogP contribution in [-0.2, 0) is 24.1 Å². The van der Waals surface area contributed by atoms with Gasteiger partial charge in [0, 0.05) is 17.5 Å². The molecule has 1 heterocycles. The quantitative estimate of drug-likeness (QED) is 0.516. The van der Waals surface area contributed by atoms with Crippen LogP contribution in [0.4, 0.5) is 5.69 Å². The lowest BCUT2D eigenvalue weighted by Gasteiger charge is -2.17. The third-order valence-corrected chi connectivity index (χ3v) is 5.79. The number of thiazole rings is 1. The zero-order valence-corrected chi connectivity index (χ0v) is 17.7. The smallest absolute Gasteiger partial charge is 0.220 e. The summed E-state index contributed by atoms with van der Waals surface area (Å²) >= 11 is 1.60. The minimum Gasteiger partial charge on any atom is -0.497 e. The average molecular weight is 410 g/mol. The number of rotatable bonds is 9. The summed E-state index contributed by atoms with van der Waals surface area (Å²) in [5.74, 6) is 0.840. The molecule has 1 unspecified atom stereocenters. The van der Waals surface area contributed by atoms with E-state index >= 15 is 0 Å². The van der Waals surface area contributed by atoms with Crippen LogP contribution in [0.2, 0.25) is 0 Å². The van der Waals surface area contributed by atoms with Gasteiger partial charge in [0.15, 0.2) is 0 Å². The maximum atomic E-state index is 12.7. The van der Waals surface area contributed by atoms with Crippen LogP contribution in [0.3, 0.4) is 0 Å². The van der Waals surface area contributed by atoms with Crippen LogP contribution in [0.1, 0.15) is 41.2 Å². The Balaban J connectivity index is 1.66. The summed E-state index contributed by atoms with van der Waals surface area (Å²) in [6.07, 6.45) is 2.68. The summed E-state index contributed by atoms with van der Waals surface area (Å²) in [7, 11) is 1.65. The number of carbonyl (C=O) groups is 1. The highest BCUT2D eigenvalue weighted by Crippen LogP contribution is 2.23. The minimum atomic E-state index is -0.146. The molecule has 0 radical (unpaired) electrons. The van der Waals surface area contributed by atoms with Crippen molar-refractivity contribution in [2.75, 3.05) is 12.8 Å². The third kappa shape index (κ3) is 6.06. The molecule has 0 fully saturated rings. The Bertz CT molecular complexity index is 920. The molecular weight excluding hydrogens is 382 g/mol. The Kier molecular flexibility index (Phi) is 7.25. The van der Waals surface area contributed by atoms with Crippen molar-refractivity contribution in [1.82, 2.24) is 10.3 Å². The molecular formula is C23H27N3O2S. The molecule has 3 aromatic rings. The number of methoxy groups -OCH3 is 1. The van der Waals surface area contributed by atoms with Crippen LogP contribution in [0, 0.1) is 0 Å². The average Bonchev–Trinajstić information content (AvgIpc) is 3.23. The Labute approximate surface area is 175 Å². The van der Waals surface area contributed by atoms with E-state index in [1.807, 2.05) is 48.5 Å². The van der Waals surface area contributed by atoms with Gasteiger partial charge in [-0.1, -0.05) is 31.2 Å². The first kappa shape index (κ1) is 20.9. The van der Waals surface area contributed by atoms with Gasteiger partial charge >= 0.3 is 0 Å². The fourth-order valence-corrected chi connectivity index (χ4v) is 4.00. The highest BCUT2D eigenvalue weighted by atomic mass is 32.1. The number of nitrogens with two attached hydrogens (primary N) is 1. The van der Waals surface area contributed by atoms with E-state index in [1.165, 1.54) is 0 Å². The molecule has 6 heteroatoms. The van der Waals surface area contributed by atoms with Crippen molar-refractivity contribution in [2.45, 2.75) is 38.6 Å². The van der Waals surface area contributed by atoms with Crippen molar-refractivity contribution < 1.29 is 9.53 Å². The van der Waals surface area contributed by atoms with Gasteiger partial charge in [-0.05, 0) is 54.7 Å². The predicted octanol–water partition coefficient (Wildman–Crippen LogP) is 4.33. The lowest BCUT2D eigenvalue weighted by atomic mass is 10.0. The van der Waals surface area contributed by atoms with Gasteiger partial charge in [0.05, 0.1) is 18.8 Å². The number of nitrogens with zero attached hydrogens (tertiary/aromatic N) is 1. The third-order valence-electron chi connectivity index (χ3n) is 4.78. The molecule has 0 spiro atoms. The van der Waals surface area contributed by atoms with Crippen molar-refractivity contribution in [3.63, 3.8) is 0 Å². The number of nitrogen functional groups attached to an aromatic ring is 1. The van der Waals surface area contributed by atoms with Crippen molar-refractivity contribution in [2.24, 2.45) is 0 Å². The van der Waals surface area contributed by atoms with Gasteiger partial charge in [0.25, 0.3) is 0 Å². The normalized spacial score (nSPS) is 11.8. The van der Waals surface area contributed by atoms with E-state index in [4.69, 9.17) is 15.5 Å². The fraction of sp³-hybridized carbons (Fsp3) is 0.304. The largest absolute Gasteiger partial charge is 0.497 e. The minimum absolute atomic E-state index is 0.0227. The van der Waals surface area contributed by atoms with Crippen LogP contribution < -0.4 is 15.8 Å². The van der Waals surface area contributed by atoms with E-state index in [9.17, 15) is 4.79 Å². The van der Waals surface area contributed by atoms with Crippen molar-refractivity contribution in [3.05, 3.63) is 75.7 Å². The molecule has 1 aromatic heterocycles. The number of hydrogen-bond donors (Lipinski definition) is 2. The van der Waals surface area contributed by atoms with Crippen LogP contribution in [0.15, 0.2) is 53.9 Å². The maximum absolute atomic E-state index is 12.7. The molecule has 1 amide bonds. The van der Waals surface area contributed by atoms with E-state index in [0.717, 1.165) is 39.7 Å². The Morgan fingerprint density at radius 2 is 1.83 bits per heavy atom. The van der Waals surface area contributed by atoms with Gasteiger partial charge in [-0.3, -0.25) is 4.79 Å². The first-order chi connectivity index (χ1) is 14.1. The summed E-state index contributed by atoms with van der Waals surface area (Å²) < 4.78 is 5.18. The Hall–Kier alpha value is -2.86. The van der Waals surface area contributed by atoms with Crippen molar-refractivity contribution in [1.29, 1.82) is 0 Å². The summed E-state index contributed by atoms with van der Waals surface area (Å²) in [5, 5.41) is 6.19. The van der Waals surface area contributed by atoms with Crippen LogP contribution >= 0.6 is 11.3 Å². The van der Waals surface area contributed by atoms with Gasteiger partial charge < -0.3 is 15.8 Å². The molecule has 0 aliphatic heterocycles.